The van der Waals surface area contributed by atoms with Gasteiger partial charge in [0.15, 0.2) is 5.76 Å². The summed E-state index contributed by atoms with van der Waals surface area (Å²) < 4.78 is 39.9. The molecule has 1 aromatic carbocycles. The average Bonchev–Trinajstić information content (AvgIpc) is 3.45. The molecule has 4 rings (SSSR count). The summed E-state index contributed by atoms with van der Waals surface area (Å²) in [6.45, 7) is 3.79. The van der Waals surface area contributed by atoms with E-state index in [1.165, 1.54) is 17.6 Å². The number of hydrogen-bond donors (Lipinski definition) is 0. The lowest BCUT2D eigenvalue weighted by Crippen LogP contribution is -2.27. The van der Waals surface area contributed by atoms with E-state index < -0.39 is 10.0 Å². The van der Waals surface area contributed by atoms with Gasteiger partial charge in [-0.05, 0) is 38.1 Å². The van der Waals surface area contributed by atoms with Gasteiger partial charge in [0.25, 0.3) is 0 Å². The maximum Gasteiger partial charge on any atom is 0.246 e. The summed E-state index contributed by atoms with van der Waals surface area (Å²) >= 11 is 5.93. The van der Waals surface area contributed by atoms with Gasteiger partial charge < -0.3 is 8.94 Å². The maximum absolute atomic E-state index is 13.2. The number of aromatic nitrogens is 3. The van der Waals surface area contributed by atoms with Crippen molar-refractivity contribution < 1.29 is 17.4 Å². The van der Waals surface area contributed by atoms with Gasteiger partial charge in [-0.2, -0.15) is 9.40 Å². The molecule has 0 aliphatic carbocycles. The highest BCUT2D eigenvalue weighted by Crippen LogP contribution is 2.26. The number of nitrogens with zero attached hydrogens (tertiary/aromatic N) is 4. The maximum atomic E-state index is 13.2. The zero-order valence-electron chi connectivity index (χ0n) is 17.2. The largest absolute Gasteiger partial charge is 0.468 e. The van der Waals surface area contributed by atoms with Crippen LogP contribution in [0.1, 0.15) is 22.9 Å². The summed E-state index contributed by atoms with van der Waals surface area (Å²) in [5.74, 6) is 1.12. The molecular formula is C21H21ClN4O4S. The van der Waals surface area contributed by atoms with Crippen molar-refractivity contribution in [2.24, 2.45) is 0 Å². The second-order valence-electron chi connectivity index (χ2n) is 7.18. The molecule has 0 saturated carbocycles. The van der Waals surface area contributed by atoms with Gasteiger partial charge in [-0.3, -0.25) is 4.68 Å². The van der Waals surface area contributed by atoms with Crippen molar-refractivity contribution in [1.82, 2.24) is 19.2 Å². The van der Waals surface area contributed by atoms with Crippen molar-refractivity contribution in [2.75, 3.05) is 7.05 Å². The van der Waals surface area contributed by atoms with Gasteiger partial charge in [-0.1, -0.05) is 28.9 Å². The Labute approximate surface area is 185 Å². The van der Waals surface area contributed by atoms with E-state index in [-0.39, 0.29) is 18.0 Å². The third-order valence-electron chi connectivity index (χ3n) is 4.95. The average molecular weight is 461 g/mol. The van der Waals surface area contributed by atoms with Crippen LogP contribution in [0.5, 0.6) is 0 Å². The number of sulfonamides is 1. The van der Waals surface area contributed by atoms with Crippen molar-refractivity contribution >= 4 is 21.6 Å². The first-order valence-electron chi connectivity index (χ1n) is 9.50. The smallest absolute Gasteiger partial charge is 0.246 e. The SMILES string of the molecule is Cc1nn(Cc2cc(-c3ccc(Cl)cc3)no2)c(C)c1S(=O)(=O)N(C)Cc1ccco1. The van der Waals surface area contributed by atoms with E-state index in [1.54, 1.807) is 48.9 Å². The first-order valence-corrected chi connectivity index (χ1v) is 11.3. The molecule has 4 aromatic rings. The van der Waals surface area contributed by atoms with E-state index in [4.69, 9.17) is 20.5 Å². The Kier molecular flexibility index (Phi) is 5.74. The first-order chi connectivity index (χ1) is 14.8. The van der Waals surface area contributed by atoms with Gasteiger partial charge in [0.05, 0.1) is 24.2 Å². The number of benzene rings is 1. The number of hydrogen-bond acceptors (Lipinski definition) is 6. The molecule has 162 valence electrons. The minimum atomic E-state index is -3.76. The van der Waals surface area contributed by atoms with Crippen LogP contribution in [0.3, 0.4) is 0 Å². The van der Waals surface area contributed by atoms with E-state index in [0.717, 1.165) is 5.56 Å². The molecule has 0 fully saturated rings. The van der Waals surface area contributed by atoms with Gasteiger partial charge in [0.1, 0.15) is 22.9 Å². The minimum absolute atomic E-state index is 0.131. The van der Waals surface area contributed by atoms with Crippen LogP contribution in [-0.4, -0.2) is 34.7 Å². The minimum Gasteiger partial charge on any atom is -0.468 e. The molecule has 31 heavy (non-hydrogen) atoms. The van der Waals surface area contributed by atoms with Crippen LogP contribution in [0.2, 0.25) is 5.02 Å². The number of rotatable bonds is 7. The molecule has 0 saturated heterocycles. The fourth-order valence-electron chi connectivity index (χ4n) is 3.36. The molecule has 0 aliphatic heterocycles. The normalized spacial score (nSPS) is 12.0. The Hall–Kier alpha value is -2.88. The predicted octanol–water partition coefficient (Wildman–Crippen LogP) is 4.27. The molecule has 0 bridgehead atoms. The van der Waals surface area contributed by atoms with Gasteiger partial charge >= 0.3 is 0 Å². The summed E-state index contributed by atoms with van der Waals surface area (Å²) in [5, 5.41) is 9.16. The van der Waals surface area contributed by atoms with Crippen molar-refractivity contribution in [1.29, 1.82) is 0 Å². The predicted molar refractivity (Wildman–Crippen MR) is 115 cm³/mol. The van der Waals surface area contributed by atoms with Crippen molar-refractivity contribution in [3.8, 4) is 11.3 Å². The second-order valence-corrected chi connectivity index (χ2v) is 9.60. The van der Waals surface area contributed by atoms with Gasteiger partial charge in [-0.15, -0.1) is 0 Å². The van der Waals surface area contributed by atoms with Crippen molar-refractivity contribution in [3.05, 3.63) is 76.7 Å². The molecule has 0 aliphatic rings. The zero-order valence-corrected chi connectivity index (χ0v) is 18.8. The number of furan rings is 1. The van der Waals surface area contributed by atoms with E-state index >= 15 is 0 Å². The van der Waals surface area contributed by atoms with Crippen LogP contribution < -0.4 is 0 Å². The Morgan fingerprint density at radius 3 is 2.55 bits per heavy atom. The fraction of sp³-hybridized carbons (Fsp3) is 0.238. The molecule has 3 aromatic heterocycles. The molecule has 0 atom stereocenters. The Morgan fingerprint density at radius 1 is 1.13 bits per heavy atom. The Morgan fingerprint density at radius 2 is 1.87 bits per heavy atom. The Bertz CT molecular complexity index is 1290. The van der Waals surface area contributed by atoms with Crippen LogP contribution in [0, 0.1) is 13.8 Å². The Balaban J connectivity index is 1.58. The number of halogens is 1. The van der Waals surface area contributed by atoms with Gasteiger partial charge in [0.2, 0.25) is 10.0 Å². The second kappa shape index (κ2) is 8.33. The van der Waals surface area contributed by atoms with Crippen molar-refractivity contribution in [2.45, 2.75) is 31.8 Å². The summed E-state index contributed by atoms with van der Waals surface area (Å²) in [4.78, 5) is 0.180. The molecule has 10 heteroatoms. The van der Waals surface area contributed by atoms with E-state index in [2.05, 4.69) is 10.3 Å². The molecule has 0 amide bonds. The van der Waals surface area contributed by atoms with Crippen LogP contribution >= 0.6 is 11.6 Å². The van der Waals surface area contributed by atoms with Gasteiger partial charge in [0, 0.05) is 23.7 Å². The van der Waals surface area contributed by atoms with Crippen LogP contribution in [0.4, 0.5) is 0 Å². The molecule has 8 nitrogen and oxygen atoms in total. The fourth-order valence-corrected chi connectivity index (χ4v) is 4.99. The summed E-state index contributed by atoms with van der Waals surface area (Å²) in [7, 11) is -2.24. The third-order valence-corrected chi connectivity index (χ3v) is 7.25. The highest BCUT2D eigenvalue weighted by atomic mass is 35.5. The summed E-state index contributed by atoms with van der Waals surface area (Å²) in [6.07, 6.45) is 1.51. The van der Waals surface area contributed by atoms with E-state index in [0.29, 0.717) is 33.6 Å². The monoisotopic (exact) mass is 460 g/mol. The molecule has 3 heterocycles. The topological polar surface area (TPSA) is 94.4 Å². The lowest BCUT2D eigenvalue weighted by atomic mass is 10.1. The summed E-state index contributed by atoms with van der Waals surface area (Å²) in [5.41, 5.74) is 2.48. The third kappa shape index (κ3) is 4.30. The van der Waals surface area contributed by atoms with Crippen LogP contribution in [0.15, 0.2) is 62.6 Å². The van der Waals surface area contributed by atoms with E-state index in [1.807, 2.05) is 12.1 Å². The lowest BCUT2D eigenvalue weighted by Gasteiger charge is -2.16. The zero-order chi connectivity index (χ0) is 22.2. The molecule has 0 radical (unpaired) electrons. The molecule has 0 unspecified atom stereocenters. The summed E-state index contributed by atoms with van der Waals surface area (Å²) in [6, 6.07) is 12.5. The number of aryl methyl sites for hydroxylation is 1. The standard InChI is InChI=1S/C21H21ClN4O4S/c1-14-21(31(27,28)25(3)12-18-5-4-10-29-18)15(2)26(23-14)13-19-11-20(24-30-19)16-6-8-17(22)9-7-16/h4-11H,12-13H2,1-3H3. The molecular weight excluding hydrogens is 440 g/mol. The van der Waals surface area contributed by atoms with Gasteiger partial charge in [-0.25, -0.2) is 8.42 Å². The highest BCUT2D eigenvalue weighted by molar-refractivity contribution is 7.89. The highest BCUT2D eigenvalue weighted by Gasteiger charge is 2.29. The quantitative estimate of drug-likeness (QED) is 0.408. The van der Waals surface area contributed by atoms with E-state index in [9.17, 15) is 8.42 Å². The van der Waals surface area contributed by atoms with Crippen molar-refractivity contribution in [3.63, 3.8) is 0 Å². The van der Waals surface area contributed by atoms with Crippen LogP contribution in [-0.2, 0) is 23.1 Å². The first kappa shape index (κ1) is 21.4. The van der Waals surface area contributed by atoms with Crippen LogP contribution in [0.25, 0.3) is 11.3 Å². The molecule has 0 N–H and O–H groups in total. The molecule has 0 spiro atoms. The lowest BCUT2D eigenvalue weighted by molar-refractivity contribution is 0.371.